The van der Waals surface area contributed by atoms with Crippen molar-refractivity contribution >= 4 is 5.69 Å². The van der Waals surface area contributed by atoms with Crippen LogP contribution in [0.2, 0.25) is 0 Å². The van der Waals surface area contributed by atoms with E-state index in [1.54, 1.807) is 0 Å². The maximum Gasteiger partial charge on any atom is 0.0562 e. The van der Waals surface area contributed by atoms with Gasteiger partial charge < -0.3 is 10.2 Å². The molecule has 0 spiro atoms. The second kappa shape index (κ2) is 4.83. The van der Waals surface area contributed by atoms with E-state index in [0.717, 1.165) is 24.1 Å². The van der Waals surface area contributed by atoms with Crippen molar-refractivity contribution in [2.24, 2.45) is 11.8 Å². The molecule has 1 aliphatic rings. The lowest BCUT2D eigenvalue weighted by Gasteiger charge is -2.19. The number of nitrogens with one attached hydrogen (secondary N) is 1. The topological polar surface area (TPSA) is 28.2 Å². The van der Waals surface area contributed by atoms with Gasteiger partial charge in [-0.1, -0.05) is 6.92 Å². The molecule has 0 bridgehead atoms. The number of aromatic nitrogens is 1. The summed E-state index contributed by atoms with van der Waals surface area (Å²) >= 11 is 0. The lowest BCUT2D eigenvalue weighted by Crippen LogP contribution is -2.21. The van der Waals surface area contributed by atoms with Gasteiger partial charge in [0, 0.05) is 32.0 Å². The summed E-state index contributed by atoms with van der Waals surface area (Å²) in [5.41, 5.74) is 2.38. The van der Waals surface area contributed by atoms with Crippen LogP contribution in [0.4, 0.5) is 5.69 Å². The van der Waals surface area contributed by atoms with E-state index < -0.39 is 0 Å². The summed E-state index contributed by atoms with van der Waals surface area (Å²) in [5.74, 6) is 1.81. The van der Waals surface area contributed by atoms with Gasteiger partial charge in [0.2, 0.25) is 0 Å². The number of hydrogen-bond donors (Lipinski definition) is 1. The van der Waals surface area contributed by atoms with Gasteiger partial charge in [0.1, 0.15) is 0 Å². The minimum atomic E-state index is 0.835. The van der Waals surface area contributed by atoms with Crippen molar-refractivity contribution in [1.29, 1.82) is 0 Å². The van der Waals surface area contributed by atoms with Crippen molar-refractivity contribution in [3.63, 3.8) is 0 Å². The Labute approximate surface area is 97.9 Å². The van der Waals surface area contributed by atoms with Crippen molar-refractivity contribution in [2.75, 3.05) is 25.5 Å². The zero-order valence-corrected chi connectivity index (χ0v) is 10.4. The van der Waals surface area contributed by atoms with E-state index in [9.17, 15) is 0 Å². The highest BCUT2D eigenvalue weighted by molar-refractivity contribution is 5.45. The summed E-state index contributed by atoms with van der Waals surface area (Å²) in [5, 5.41) is 3.13. The number of hydrogen-bond acceptors (Lipinski definition) is 3. The Hall–Kier alpha value is -1.09. The minimum Gasteiger partial charge on any atom is -0.374 e. The number of anilines is 1. The van der Waals surface area contributed by atoms with Crippen LogP contribution in [0.3, 0.4) is 0 Å². The molecule has 0 radical (unpaired) electrons. The summed E-state index contributed by atoms with van der Waals surface area (Å²) in [7, 11) is 4.12. The molecule has 88 valence electrons. The number of rotatable bonds is 5. The Morgan fingerprint density at radius 2 is 2.31 bits per heavy atom. The lowest BCUT2D eigenvalue weighted by molar-refractivity contribution is 0.723. The van der Waals surface area contributed by atoms with Gasteiger partial charge in [-0.05, 0) is 37.4 Å². The van der Waals surface area contributed by atoms with Crippen molar-refractivity contribution < 1.29 is 0 Å². The molecule has 1 aliphatic carbocycles. The zero-order chi connectivity index (χ0) is 11.5. The van der Waals surface area contributed by atoms with Crippen molar-refractivity contribution in [3.05, 3.63) is 24.0 Å². The van der Waals surface area contributed by atoms with Crippen LogP contribution in [-0.4, -0.2) is 25.6 Å². The van der Waals surface area contributed by atoms with Gasteiger partial charge in [0.25, 0.3) is 0 Å². The second-order valence-electron chi connectivity index (χ2n) is 4.89. The highest BCUT2D eigenvalue weighted by Gasteiger charge is 2.33. The Kier molecular flexibility index (Phi) is 3.44. The maximum atomic E-state index is 4.33. The van der Waals surface area contributed by atoms with Crippen molar-refractivity contribution in [2.45, 2.75) is 19.9 Å². The molecule has 1 saturated carbocycles. The monoisotopic (exact) mass is 219 g/mol. The van der Waals surface area contributed by atoms with E-state index in [1.807, 2.05) is 13.2 Å². The fraction of sp³-hybridized carbons (Fsp3) is 0.615. The van der Waals surface area contributed by atoms with Crippen LogP contribution in [0.15, 0.2) is 18.3 Å². The van der Waals surface area contributed by atoms with Crippen LogP contribution in [-0.2, 0) is 6.54 Å². The third kappa shape index (κ3) is 2.73. The predicted molar refractivity (Wildman–Crippen MR) is 67.5 cm³/mol. The average Bonchev–Trinajstić information content (AvgIpc) is 2.95. The molecule has 1 aromatic heterocycles. The Balaban J connectivity index is 1.98. The second-order valence-corrected chi connectivity index (χ2v) is 4.89. The van der Waals surface area contributed by atoms with Crippen LogP contribution in [0.25, 0.3) is 0 Å². The van der Waals surface area contributed by atoms with Gasteiger partial charge >= 0.3 is 0 Å². The molecule has 1 N–H and O–H groups in total. The third-order valence-corrected chi connectivity index (χ3v) is 3.38. The molecule has 16 heavy (non-hydrogen) atoms. The molecule has 3 heteroatoms. The molecular weight excluding hydrogens is 198 g/mol. The van der Waals surface area contributed by atoms with Crippen LogP contribution >= 0.6 is 0 Å². The van der Waals surface area contributed by atoms with Crippen molar-refractivity contribution in [3.8, 4) is 0 Å². The van der Waals surface area contributed by atoms with E-state index in [-0.39, 0.29) is 0 Å². The summed E-state index contributed by atoms with van der Waals surface area (Å²) in [6.45, 7) is 4.34. The van der Waals surface area contributed by atoms with Crippen LogP contribution < -0.4 is 10.2 Å². The van der Waals surface area contributed by atoms with Gasteiger partial charge in [0.05, 0.1) is 5.69 Å². The molecule has 2 atom stereocenters. The molecule has 2 unspecified atom stereocenters. The van der Waals surface area contributed by atoms with E-state index in [4.69, 9.17) is 0 Å². The molecule has 0 aromatic carbocycles. The van der Waals surface area contributed by atoms with Gasteiger partial charge in [0.15, 0.2) is 0 Å². The van der Waals surface area contributed by atoms with Gasteiger partial charge in [-0.25, -0.2) is 0 Å². The first-order valence-electron chi connectivity index (χ1n) is 6.01. The largest absolute Gasteiger partial charge is 0.374 e. The Bertz CT molecular complexity index is 351. The highest BCUT2D eigenvalue weighted by atomic mass is 15.1. The first kappa shape index (κ1) is 11.4. The zero-order valence-electron chi connectivity index (χ0n) is 10.4. The SMILES string of the molecule is CNCc1cc(N(C)CC2CC2C)ccn1. The van der Waals surface area contributed by atoms with Crippen molar-refractivity contribution in [1.82, 2.24) is 10.3 Å². The van der Waals surface area contributed by atoms with Gasteiger partial charge in [-0.2, -0.15) is 0 Å². The van der Waals surface area contributed by atoms with Crippen LogP contribution in [0.5, 0.6) is 0 Å². The number of pyridine rings is 1. The maximum absolute atomic E-state index is 4.33. The summed E-state index contributed by atoms with van der Waals surface area (Å²) < 4.78 is 0. The summed E-state index contributed by atoms with van der Waals surface area (Å²) in [4.78, 5) is 6.67. The molecule has 1 fully saturated rings. The number of nitrogens with zero attached hydrogens (tertiary/aromatic N) is 2. The average molecular weight is 219 g/mol. The quantitative estimate of drug-likeness (QED) is 0.819. The first-order valence-corrected chi connectivity index (χ1v) is 6.01. The molecule has 2 rings (SSSR count). The molecule has 1 heterocycles. The molecule has 0 saturated heterocycles. The standard InChI is InChI=1S/C13H21N3/c1-10-6-11(10)9-16(3)13-4-5-15-12(7-13)8-14-2/h4-5,7,10-11,14H,6,8-9H2,1-3H3. The molecule has 0 amide bonds. The van der Waals surface area contributed by atoms with E-state index in [2.05, 4.69) is 41.3 Å². The third-order valence-electron chi connectivity index (χ3n) is 3.38. The highest BCUT2D eigenvalue weighted by Crippen LogP contribution is 2.38. The minimum absolute atomic E-state index is 0.835. The molecular formula is C13H21N3. The molecule has 0 aliphatic heterocycles. The van der Waals surface area contributed by atoms with Gasteiger partial charge in [-0.3, -0.25) is 4.98 Å². The smallest absolute Gasteiger partial charge is 0.0562 e. The normalized spacial score (nSPS) is 23.2. The molecule has 1 aromatic rings. The fourth-order valence-corrected chi connectivity index (χ4v) is 2.09. The lowest BCUT2D eigenvalue weighted by atomic mass is 10.2. The van der Waals surface area contributed by atoms with E-state index in [1.165, 1.54) is 18.7 Å². The Morgan fingerprint density at radius 1 is 1.56 bits per heavy atom. The van der Waals surface area contributed by atoms with Crippen LogP contribution in [0, 0.1) is 11.8 Å². The van der Waals surface area contributed by atoms with Gasteiger partial charge in [-0.15, -0.1) is 0 Å². The Morgan fingerprint density at radius 3 is 2.94 bits per heavy atom. The van der Waals surface area contributed by atoms with E-state index >= 15 is 0 Å². The summed E-state index contributed by atoms with van der Waals surface area (Å²) in [6.07, 6.45) is 3.29. The summed E-state index contributed by atoms with van der Waals surface area (Å²) in [6, 6.07) is 4.26. The fourth-order valence-electron chi connectivity index (χ4n) is 2.09. The predicted octanol–water partition coefficient (Wildman–Crippen LogP) is 1.89. The van der Waals surface area contributed by atoms with E-state index in [0.29, 0.717) is 0 Å². The van der Waals surface area contributed by atoms with Crippen LogP contribution in [0.1, 0.15) is 19.0 Å². The first-order chi connectivity index (χ1) is 7.70. The molecule has 3 nitrogen and oxygen atoms in total.